The SMILES string of the molecule is COC(=O)c1cc(N2CCOCC2)nc(-c2cnc(N)nc2)n1. The highest BCUT2D eigenvalue weighted by Gasteiger charge is 2.19. The van der Waals surface area contributed by atoms with Crippen molar-refractivity contribution < 1.29 is 14.3 Å². The van der Waals surface area contributed by atoms with Crippen LogP contribution in [0.3, 0.4) is 0 Å². The minimum Gasteiger partial charge on any atom is -0.464 e. The van der Waals surface area contributed by atoms with Crippen molar-refractivity contribution in [1.29, 1.82) is 0 Å². The average Bonchev–Trinajstić information content (AvgIpc) is 2.62. The van der Waals surface area contributed by atoms with Gasteiger partial charge in [-0.2, -0.15) is 0 Å². The molecule has 0 radical (unpaired) electrons. The molecule has 1 aliphatic heterocycles. The van der Waals surface area contributed by atoms with Crippen LogP contribution < -0.4 is 10.6 Å². The van der Waals surface area contributed by atoms with E-state index >= 15 is 0 Å². The van der Waals surface area contributed by atoms with Gasteiger partial charge in [0.05, 0.1) is 25.9 Å². The zero-order valence-electron chi connectivity index (χ0n) is 12.6. The molecule has 1 fully saturated rings. The van der Waals surface area contributed by atoms with Gasteiger partial charge >= 0.3 is 5.97 Å². The number of rotatable bonds is 3. The molecule has 0 atom stereocenters. The molecule has 0 aliphatic carbocycles. The Hall–Kier alpha value is -2.81. The van der Waals surface area contributed by atoms with Crippen LogP contribution in [0.15, 0.2) is 18.5 Å². The number of hydrogen-bond acceptors (Lipinski definition) is 9. The maximum atomic E-state index is 11.9. The molecule has 3 rings (SSSR count). The summed E-state index contributed by atoms with van der Waals surface area (Å²) in [6.45, 7) is 2.60. The Morgan fingerprint density at radius 2 is 1.96 bits per heavy atom. The first-order valence-corrected chi connectivity index (χ1v) is 7.05. The van der Waals surface area contributed by atoms with Crippen LogP contribution in [0.4, 0.5) is 11.8 Å². The van der Waals surface area contributed by atoms with Crippen LogP contribution in [0.5, 0.6) is 0 Å². The van der Waals surface area contributed by atoms with E-state index in [9.17, 15) is 4.79 Å². The van der Waals surface area contributed by atoms with Gasteiger partial charge in [-0.3, -0.25) is 0 Å². The number of hydrogen-bond donors (Lipinski definition) is 1. The van der Waals surface area contributed by atoms with Gasteiger partial charge in [0, 0.05) is 31.5 Å². The fourth-order valence-electron chi connectivity index (χ4n) is 2.18. The number of nitrogens with zero attached hydrogens (tertiary/aromatic N) is 5. The van der Waals surface area contributed by atoms with Crippen LogP contribution in [0, 0.1) is 0 Å². The number of carbonyl (C=O) groups is 1. The van der Waals surface area contributed by atoms with Crippen molar-refractivity contribution in [2.75, 3.05) is 44.0 Å². The molecule has 23 heavy (non-hydrogen) atoms. The topological polar surface area (TPSA) is 116 Å². The van der Waals surface area contributed by atoms with Gasteiger partial charge in [-0.1, -0.05) is 0 Å². The lowest BCUT2D eigenvalue weighted by Crippen LogP contribution is -2.37. The van der Waals surface area contributed by atoms with E-state index in [1.165, 1.54) is 19.5 Å². The van der Waals surface area contributed by atoms with Crippen molar-refractivity contribution in [2.24, 2.45) is 0 Å². The van der Waals surface area contributed by atoms with E-state index in [0.29, 0.717) is 43.5 Å². The smallest absolute Gasteiger partial charge is 0.356 e. The van der Waals surface area contributed by atoms with E-state index in [4.69, 9.17) is 15.2 Å². The number of carbonyl (C=O) groups excluding carboxylic acids is 1. The van der Waals surface area contributed by atoms with E-state index in [2.05, 4.69) is 19.9 Å². The fourth-order valence-corrected chi connectivity index (χ4v) is 2.18. The number of nitrogens with two attached hydrogens (primary N) is 1. The highest BCUT2D eigenvalue weighted by atomic mass is 16.5. The summed E-state index contributed by atoms with van der Waals surface area (Å²) in [5.41, 5.74) is 6.24. The summed E-state index contributed by atoms with van der Waals surface area (Å²) in [5, 5.41) is 0. The molecule has 9 heteroatoms. The van der Waals surface area contributed by atoms with Crippen LogP contribution in [0.1, 0.15) is 10.5 Å². The van der Waals surface area contributed by atoms with E-state index in [1.807, 2.05) is 4.90 Å². The second-order valence-corrected chi connectivity index (χ2v) is 4.86. The van der Waals surface area contributed by atoms with E-state index < -0.39 is 5.97 Å². The maximum Gasteiger partial charge on any atom is 0.356 e. The molecule has 9 nitrogen and oxygen atoms in total. The van der Waals surface area contributed by atoms with Gasteiger partial charge in [-0.15, -0.1) is 0 Å². The first kappa shape index (κ1) is 15.1. The molecule has 2 N–H and O–H groups in total. The quantitative estimate of drug-likeness (QED) is 0.789. The van der Waals surface area contributed by atoms with E-state index in [0.717, 1.165) is 0 Å². The van der Waals surface area contributed by atoms with Gasteiger partial charge in [-0.05, 0) is 0 Å². The molecule has 1 aliphatic rings. The van der Waals surface area contributed by atoms with Crippen molar-refractivity contribution in [2.45, 2.75) is 0 Å². The number of aromatic nitrogens is 4. The predicted molar refractivity (Wildman–Crippen MR) is 81.8 cm³/mol. The van der Waals surface area contributed by atoms with Crippen molar-refractivity contribution in [1.82, 2.24) is 19.9 Å². The Balaban J connectivity index is 2.03. The number of anilines is 2. The van der Waals surface area contributed by atoms with E-state index in [1.54, 1.807) is 6.07 Å². The summed E-state index contributed by atoms with van der Waals surface area (Å²) in [6, 6.07) is 1.61. The number of morpholine rings is 1. The minimum absolute atomic E-state index is 0.159. The molecule has 0 aromatic carbocycles. The van der Waals surface area contributed by atoms with Crippen molar-refractivity contribution in [3.05, 3.63) is 24.2 Å². The third kappa shape index (κ3) is 3.34. The Bertz CT molecular complexity index is 700. The highest BCUT2D eigenvalue weighted by molar-refractivity contribution is 5.88. The van der Waals surface area contributed by atoms with E-state index in [-0.39, 0.29) is 11.6 Å². The molecule has 120 valence electrons. The molecule has 3 heterocycles. The van der Waals surface area contributed by atoms with Crippen molar-refractivity contribution in [3.8, 4) is 11.4 Å². The zero-order chi connectivity index (χ0) is 16.2. The van der Waals surface area contributed by atoms with Crippen LogP contribution in [0.2, 0.25) is 0 Å². The number of ether oxygens (including phenoxy) is 2. The monoisotopic (exact) mass is 316 g/mol. The molecule has 2 aromatic heterocycles. The maximum absolute atomic E-state index is 11.9. The lowest BCUT2D eigenvalue weighted by atomic mass is 10.2. The van der Waals surface area contributed by atoms with Gasteiger partial charge in [0.25, 0.3) is 0 Å². The highest BCUT2D eigenvalue weighted by Crippen LogP contribution is 2.21. The number of nitrogen functional groups attached to an aromatic ring is 1. The number of esters is 1. The van der Waals surface area contributed by atoms with Gasteiger partial charge in [-0.25, -0.2) is 24.7 Å². The molecular weight excluding hydrogens is 300 g/mol. The number of methoxy groups -OCH3 is 1. The van der Waals surface area contributed by atoms with Crippen LogP contribution in [-0.4, -0.2) is 59.3 Å². The first-order chi connectivity index (χ1) is 11.2. The predicted octanol–water partition coefficient (Wildman–Crippen LogP) is 0.139. The standard InChI is InChI=1S/C14H16N6O3/c1-22-13(21)10-6-11(20-2-4-23-5-3-20)19-12(18-10)9-7-16-14(15)17-8-9/h6-8H,2-5H2,1H3,(H2,15,16,17). The molecule has 0 unspecified atom stereocenters. The van der Waals surface area contributed by atoms with Gasteiger partial charge in [0.2, 0.25) is 5.95 Å². The van der Waals surface area contributed by atoms with Crippen molar-refractivity contribution >= 4 is 17.7 Å². The summed E-state index contributed by atoms with van der Waals surface area (Å²) >= 11 is 0. The molecule has 2 aromatic rings. The van der Waals surface area contributed by atoms with Gasteiger partial charge in [0.15, 0.2) is 11.5 Å². The fraction of sp³-hybridized carbons (Fsp3) is 0.357. The Morgan fingerprint density at radius 1 is 1.26 bits per heavy atom. The van der Waals surface area contributed by atoms with Gasteiger partial charge < -0.3 is 20.1 Å². The molecule has 1 saturated heterocycles. The largest absolute Gasteiger partial charge is 0.464 e. The lowest BCUT2D eigenvalue weighted by molar-refractivity contribution is 0.0594. The van der Waals surface area contributed by atoms with Crippen LogP contribution >= 0.6 is 0 Å². The molecular formula is C14H16N6O3. The van der Waals surface area contributed by atoms with Crippen LogP contribution in [0.25, 0.3) is 11.4 Å². The Labute approximate surface area is 132 Å². The Morgan fingerprint density at radius 3 is 2.61 bits per heavy atom. The second kappa shape index (κ2) is 6.53. The summed E-state index contributed by atoms with van der Waals surface area (Å²) in [6.07, 6.45) is 3.03. The second-order valence-electron chi connectivity index (χ2n) is 4.86. The Kier molecular flexibility index (Phi) is 4.29. The third-order valence-corrected chi connectivity index (χ3v) is 3.37. The summed E-state index contributed by atoms with van der Waals surface area (Å²) in [5.74, 6) is 0.607. The third-order valence-electron chi connectivity index (χ3n) is 3.37. The summed E-state index contributed by atoms with van der Waals surface area (Å²) in [7, 11) is 1.31. The average molecular weight is 316 g/mol. The lowest BCUT2D eigenvalue weighted by Gasteiger charge is -2.28. The molecule has 0 bridgehead atoms. The van der Waals surface area contributed by atoms with Crippen molar-refractivity contribution in [3.63, 3.8) is 0 Å². The molecule has 0 amide bonds. The molecule has 0 spiro atoms. The zero-order valence-corrected chi connectivity index (χ0v) is 12.6. The summed E-state index contributed by atoms with van der Waals surface area (Å²) in [4.78, 5) is 30.5. The minimum atomic E-state index is -0.528. The van der Waals surface area contributed by atoms with Crippen LogP contribution in [-0.2, 0) is 9.47 Å². The molecule has 0 saturated carbocycles. The normalized spacial score (nSPS) is 14.6. The van der Waals surface area contributed by atoms with Gasteiger partial charge in [0.1, 0.15) is 5.82 Å². The first-order valence-electron chi connectivity index (χ1n) is 7.05. The summed E-state index contributed by atoms with van der Waals surface area (Å²) < 4.78 is 10.1.